The van der Waals surface area contributed by atoms with E-state index in [0.717, 1.165) is 0 Å². The summed E-state index contributed by atoms with van der Waals surface area (Å²) in [4.78, 5) is 8.19. The first-order valence-electron chi connectivity index (χ1n) is 8.27. The number of alkyl halides is 3. The SMILES string of the molecule is CCNC(=NCc1cccc(F)c1)NCc1cccnc1OCC(F)(F)F.I. The molecule has 0 aliphatic rings. The molecule has 0 radical (unpaired) electrons. The molecule has 0 saturated carbocycles. The van der Waals surface area contributed by atoms with Crippen LogP contribution >= 0.6 is 24.0 Å². The number of aromatic nitrogens is 1. The number of ether oxygens (including phenoxy) is 1. The zero-order valence-corrected chi connectivity index (χ0v) is 17.4. The Hall–Kier alpha value is -2.11. The summed E-state index contributed by atoms with van der Waals surface area (Å²) in [6.45, 7) is 1.46. The molecule has 2 rings (SSSR count). The first kappa shape index (κ1) is 23.9. The summed E-state index contributed by atoms with van der Waals surface area (Å²) >= 11 is 0. The molecule has 1 aromatic carbocycles. The molecule has 0 saturated heterocycles. The molecular formula is C18H21F4IN4O. The van der Waals surface area contributed by atoms with Gasteiger partial charge in [-0.2, -0.15) is 13.2 Å². The Kier molecular flexibility index (Phi) is 9.97. The van der Waals surface area contributed by atoms with Crippen molar-refractivity contribution in [1.82, 2.24) is 15.6 Å². The van der Waals surface area contributed by atoms with Crippen LogP contribution in [0.3, 0.4) is 0 Å². The van der Waals surface area contributed by atoms with Gasteiger partial charge in [-0.25, -0.2) is 14.4 Å². The Morgan fingerprint density at radius 1 is 1.18 bits per heavy atom. The van der Waals surface area contributed by atoms with Gasteiger partial charge in [-0.1, -0.05) is 18.2 Å². The lowest BCUT2D eigenvalue weighted by Crippen LogP contribution is -2.37. The van der Waals surface area contributed by atoms with E-state index in [4.69, 9.17) is 4.74 Å². The van der Waals surface area contributed by atoms with Crippen molar-refractivity contribution in [1.29, 1.82) is 0 Å². The van der Waals surface area contributed by atoms with Crippen molar-refractivity contribution < 1.29 is 22.3 Å². The predicted octanol–water partition coefficient (Wildman–Crippen LogP) is 4.04. The summed E-state index contributed by atoms with van der Waals surface area (Å²) in [5.41, 5.74) is 1.15. The van der Waals surface area contributed by atoms with Gasteiger partial charge < -0.3 is 15.4 Å². The van der Waals surface area contributed by atoms with Gasteiger partial charge in [-0.05, 0) is 30.7 Å². The zero-order chi connectivity index (χ0) is 19.7. The van der Waals surface area contributed by atoms with Crippen molar-refractivity contribution in [2.75, 3.05) is 13.2 Å². The first-order chi connectivity index (χ1) is 12.9. The third kappa shape index (κ3) is 8.72. The van der Waals surface area contributed by atoms with Crippen LogP contribution in [0.4, 0.5) is 17.6 Å². The molecule has 0 atom stereocenters. The predicted molar refractivity (Wildman–Crippen MR) is 109 cm³/mol. The highest BCUT2D eigenvalue weighted by atomic mass is 127. The monoisotopic (exact) mass is 512 g/mol. The summed E-state index contributed by atoms with van der Waals surface area (Å²) in [7, 11) is 0. The minimum atomic E-state index is -4.44. The van der Waals surface area contributed by atoms with Crippen molar-refractivity contribution in [2.24, 2.45) is 4.99 Å². The van der Waals surface area contributed by atoms with E-state index in [1.807, 2.05) is 6.92 Å². The first-order valence-corrected chi connectivity index (χ1v) is 8.27. The van der Waals surface area contributed by atoms with Gasteiger partial charge >= 0.3 is 6.18 Å². The molecule has 0 aliphatic heterocycles. The van der Waals surface area contributed by atoms with Crippen LogP contribution in [0.15, 0.2) is 47.6 Å². The number of benzene rings is 1. The smallest absolute Gasteiger partial charge is 0.422 e. The Bertz CT molecular complexity index is 771. The standard InChI is InChI=1S/C18H20F4N4O.HI/c1-2-23-17(25-10-13-5-3-7-15(19)9-13)26-11-14-6-4-8-24-16(14)27-12-18(20,21)22;/h3-9H,2,10-12H2,1H3,(H2,23,25,26);1H. The minimum Gasteiger partial charge on any atom is -0.468 e. The number of nitrogens with one attached hydrogen (secondary N) is 2. The Balaban J connectivity index is 0.00000392. The van der Waals surface area contributed by atoms with Crippen LogP contribution in [0.25, 0.3) is 0 Å². The van der Waals surface area contributed by atoms with E-state index in [1.165, 1.54) is 18.3 Å². The van der Waals surface area contributed by atoms with Gasteiger partial charge in [0.1, 0.15) is 5.82 Å². The molecule has 0 unspecified atom stereocenters. The Labute approximate surface area is 177 Å². The van der Waals surface area contributed by atoms with Crippen LogP contribution in [0, 0.1) is 5.82 Å². The van der Waals surface area contributed by atoms with Gasteiger partial charge in [0.25, 0.3) is 0 Å². The number of halogens is 5. The topological polar surface area (TPSA) is 58.5 Å². The van der Waals surface area contributed by atoms with E-state index in [1.54, 1.807) is 24.3 Å². The molecule has 0 spiro atoms. The van der Waals surface area contributed by atoms with Gasteiger partial charge in [-0.15, -0.1) is 24.0 Å². The summed E-state index contributed by atoms with van der Waals surface area (Å²) in [6.07, 6.45) is -3.08. The molecule has 0 fully saturated rings. The third-order valence-electron chi connectivity index (χ3n) is 3.32. The lowest BCUT2D eigenvalue weighted by Gasteiger charge is -2.14. The van der Waals surface area contributed by atoms with Crippen LogP contribution in [0.5, 0.6) is 5.88 Å². The molecule has 2 N–H and O–H groups in total. The number of aliphatic imine (C=N–C) groups is 1. The van der Waals surface area contributed by atoms with Gasteiger partial charge in [-0.3, -0.25) is 0 Å². The normalized spacial score (nSPS) is 11.5. The molecule has 5 nitrogen and oxygen atoms in total. The largest absolute Gasteiger partial charge is 0.468 e. The molecule has 0 amide bonds. The van der Waals surface area contributed by atoms with Crippen molar-refractivity contribution in [3.63, 3.8) is 0 Å². The van der Waals surface area contributed by atoms with Gasteiger partial charge in [0.05, 0.1) is 6.54 Å². The van der Waals surface area contributed by atoms with Crippen LogP contribution in [0.1, 0.15) is 18.1 Å². The number of hydrogen-bond donors (Lipinski definition) is 2. The van der Waals surface area contributed by atoms with E-state index in [2.05, 4.69) is 20.6 Å². The quantitative estimate of drug-likeness (QED) is 0.255. The fourth-order valence-electron chi connectivity index (χ4n) is 2.17. The van der Waals surface area contributed by atoms with E-state index in [-0.39, 0.29) is 48.8 Å². The number of nitrogens with zero attached hydrogens (tertiary/aromatic N) is 2. The maximum absolute atomic E-state index is 13.2. The lowest BCUT2D eigenvalue weighted by atomic mass is 10.2. The second-order valence-electron chi connectivity index (χ2n) is 5.55. The number of rotatable bonds is 7. The molecule has 154 valence electrons. The van der Waals surface area contributed by atoms with E-state index in [9.17, 15) is 17.6 Å². The number of guanidine groups is 1. The average molecular weight is 512 g/mol. The van der Waals surface area contributed by atoms with E-state index in [0.29, 0.717) is 23.6 Å². The van der Waals surface area contributed by atoms with Crippen LogP contribution < -0.4 is 15.4 Å². The van der Waals surface area contributed by atoms with Crippen LogP contribution in [0.2, 0.25) is 0 Å². The number of hydrogen-bond acceptors (Lipinski definition) is 3. The molecule has 0 bridgehead atoms. The highest BCUT2D eigenvalue weighted by Crippen LogP contribution is 2.19. The molecule has 10 heteroatoms. The Morgan fingerprint density at radius 2 is 1.96 bits per heavy atom. The molecule has 28 heavy (non-hydrogen) atoms. The van der Waals surface area contributed by atoms with Crippen molar-refractivity contribution >= 4 is 29.9 Å². The van der Waals surface area contributed by atoms with Gasteiger partial charge in [0, 0.05) is 24.8 Å². The molecule has 1 heterocycles. The summed E-state index contributed by atoms with van der Waals surface area (Å²) in [6, 6.07) is 9.30. The maximum Gasteiger partial charge on any atom is 0.422 e. The lowest BCUT2D eigenvalue weighted by molar-refractivity contribution is -0.154. The average Bonchev–Trinajstić information content (AvgIpc) is 2.62. The second-order valence-corrected chi connectivity index (χ2v) is 5.55. The minimum absolute atomic E-state index is 0. The van der Waals surface area contributed by atoms with Gasteiger partial charge in [0.2, 0.25) is 5.88 Å². The van der Waals surface area contributed by atoms with Crippen LogP contribution in [-0.2, 0) is 13.1 Å². The third-order valence-corrected chi connectivity index (χ3v) is 3.32. The van der Waals surface area contributed by atoms with Crippen molar-refractivity contribution in [3.05, 3.63) is 59.5 Å². The van der Waals surface area contributed by atoms with Crippen molar-refractivity contribution in [2.45, 2.75) is 26.2 Å². The fourth-order valence-corrected chi connectivity index (χ4v) is 2.17. The van der Waals surface area contributed by atoms with E-state index < -0.39 is 12.8 Å². The van der Waals surface area contributed by atoms with Gasteiger partial charge in [0.15, 0.2) is 12.6 Å². The highest BCUT2D eigenvalue weighted by molar-refractivity contribution is 14.0. The summed E-state index contributed by atoms with van der Waals surface area (Å²) in [5, 5.41) is 6.02. The summed E-state index contributed by atoms with van der Waals surface area (Å²) < 4.78 is 55.0. The van der Waals surface area contributed by atoms with E-state index >= 15 is 0 Å². The zero-order valence-electron chi connectivity index (χ0n) is 15.1. The Morgan fingerprint density at radius 3 is 2.64 bits per heavy atom. The highest BCUT2D eigenvalue weighted by Gasteiger charge is 2.29. The second kappa shape index (κ2) is 11.7. The summed E-state index contributed by atoms with van der Waals surface area (Å²) in [5.74, 6) is -0.00170. The molecular weight excluding hydrogens is 491 g/mol. The van der Waals surface area contributed by atoms with Crippen LogP contribution in [-0.4, -0.2) is 30.3 Å². The van der Waals surface area contributed by atoms with Crippen molar-refractivity contribution in [3.8, 4) is 5.88 Å². The maximum atomic E-state index is 13.2. The molecule has 1 aromatic heterocycles. The number of pyridine rings is 1. The fraction of sp³-hybridized carbons (Fsp3) is 0.333. The molecule has 2 aromatic rings. The molecule has 0 aliphatic carbocycles.